The Morgan fingerprint density at radius 1 is 0.938 bits per heavy atom. The summed E-state index contributed by atoms with van der Waals surface area (Å²) in [5.41, 5.74) is -0.678. The van der Waals surface area contributed by atoms with Gasteiger partial charge < -0.3 is 14.5 Å². The van der Waals surface area contributed by atoms with Gasteiger partial charge in [0.25, 0.3) is 11.2 Å². The topological polar surface area (TPSA) is 150 Å². The highest BCUT2D eigenvalue weighted by Crippen LogP contribution is 2.42. The minimum atomic E-state index is -0.784. The number of hydrogen-bond acceptors (Lipinski definition) is 8. The van der Waals surface area contributed by atoms with Crippen molar-refractivity contribution in [2.24, 2.45) is 0 Å². The van der Waals surface area contributed by atoms with E-state index in [4.69, 9.17) is 9.47 Å². The zero-order chi connectivity index (χ0) is 22.8. The summed E-state index contributed by atoms with van der Waals surface area (Å²) in [6.07, 6.45) is 0. The average molecular weight is 434 g/mol. The van der Waals surface area contributed by atoms with Gasteiger partial charge in [0, 0.05) is 6.07 Å². The van der Waals surface area contributed by atoms with E-state index in [1.807, 2.05) is 0 Å². The highest BCUT2D eigenvalue weighted by molar-refractivity contribution is 5.80. The molecule has 11 heteroatoms. The molecule has 11 nitrogen and oxygen atoms in total. The van der Waals surface area contributed by atoms with Crippen LogP contribution in [-0.2, 0) is 0 Å². The van der Waals surface area contributed by atoms with Gasteiger partial charge in [-0.05, 0) is 30.3 Å². The first kappa shape index (κ1) is 20.5. The number of ether oxygens (including phenoxy) is 2. The number of non-ortho nitro benzene ring substituents is 1. The van der Waals surface area contributed by atoms with Gasteiger partial charge >= 0.3 is 5.69 Å². The number of para-hydroxylation sites is 2. The second-order valence-corrected chi connectivity index (χ2v) is 6.54. The van der Waals surface area contributed by atoms with Crippen molar-refractivity contribution in [1.82, 2.24) is 9.97 Å². The number of methoxy groups -OCH3 is 1. The van der Waals surface area contributed by atoms with E-state index in [1.165, 1.54) is 7.11 Å². The molecule has 0 amide bonds. The number of rotatable bonds is 6. The van der Waals surface area contributed by atoms with Crippen LogP contribution in [0.5, 0.6) is 17.2 Å². The summed E-state index contributed by atoms with van der Waals surface area (Å²) in [5, 5.41) is 22.9. The number of H-pyrrole nitrogens is 1. The largest absolute Gasteiger partial charge is 0.493 e. The van der Waals surface area contributed by atoms with Gasteiger partial charge in [-0.1, -0.05) is 18.2 Å². The van der Waals surface area contributed by atoms with Gasteiger partial charge in [-0.2, -0.15) is 0 Å². The van der Waals surface area contributed by atoms with Crippen molar-refractivity contribution in [3.63, 3.8) is 0 Å². The summed E-state index contributed by atoms with van der Waals surface area (Å²) >= 11 is 0. The van der Waals surface area contributed by atoms with E-state index in [2.05, 4.69) is 9.97 Å². The van der Waals surface area contributed by atoms with Crippen molar-refractivity contribution in [3.8, 4) is 28.6 Å². The molecular formula is C21H14N4O7. The lowest BCUT2D eigenvalue weighted by Gasteiger charge is -2.14. The maximum Gasteiger partial charge on any atom is 0.318 e. The molecule has 0 radical (unpaired) electrons. The maximum atomic E-state index is 12.5. The zero-order valence-corrected chi connectivity index (χ0v) is 16.5. The predicted octanol–water partition coefficient (Wildman–Crippen LogP) is 4.21. The Hall–Kier alpha value is -4.80. The number of nitrogens with zero attached hydrogens (tertiary/aromatic N) is 3. The van der Waals surface area contributed by atoms with Crippen LogP contribution in [0.3, 0.4) is 0 Å². The number of fused-ring (bicyclic) bond motifs is 1. The lowest BCUT2D eigenvalue weighted by Crippen LogP contribution is -2.10. The summed E-state index contributed by atoms with van der Waals surface area (Å²) in [5.74, 6) is 0.179. The van der Waals surface area contributed by atoms with Crippen LogP contribution < -0.4 is 15.0 Å². The van der Waals surface area contributed by atoms with Crippen molar-refractivity contribution < 1.29 is 19.3 Å². The average Bonchev–Trinajstić information content (AvgIpc) is 2.79. The molecule has 1 aromatic heterocycles. The molecule has 0 fully saturated rings. The van der Waals surface area contributed by atoms with Crippen molar-refractivity contribution in [2.75, 3.05) is 7.11 Å². The summed E-state index contributed by atoms with van der Waals surface area (Å²) in [7, 11) is 1.38. The lowest BCUT2D eigenvalue weighted by molar-refractivity contribution is -0.394. The van der Waals surface area contributed by atoms with Gasteiger partial charge in [0.05, 0.1) is 39.5 Å². The second-order valence-electron chi connectivity index (χ2n) is 6.54. The van der Waals surface area contributed by atoms with E-state index in [0.717, 1.165) is 18.2 Å². The third-order valence-electron chi connectivity index (χ3n) is 4.63. The molecule has 0 bridgehead atoms. The SMILES string of the molecule is COc1cccc(-c2nc3ccccc3c(=O)[nH]2)c1Oc1ccc([N+](=O)[O-])cc1[N+](=O)[O-]. The Balaban J connectivity index is 1.89. The first-order valence-corrected chi connectivity index (χ1v) is 9.16. The molecule has 0 aliphatic heterocycles. The Bertz CT molecular complexity index is 1430. The molecule has 0 atom stereocenters. The molecule has 4 rings (SSSR count). The van der Waals surface area contributed by atoms with Crippen molar-refractivity contribution in [3.05, 3.63) is 91.2 Å². The molecule has 160 valence electrons. The molecule has 0 aliphatic carbocycles. The number of benzene rings is 3. The normalized spacial score (nSPS) is 10.7. The predicted molar refractivity (Wildman–Crippen MR) is 114 cm³/mol. The van der Waals surface area contributed by atoms with Gasteiger partial charge in [-0.15, -0.1) is 0 Å². The lowest BCUT2D eigenvalue weighted by atomic mass is 10.1. The van der Waals surface area contributed by atoms with Crippen LogP contribution in [0.25, 0.3) is 22.3 Å². The fourth-order valence-electron chi connectivity index (χ4n) is 3.14. The fourth-order valence-corrected chi connectivity index (χ4v) is 3.14. The smallest absolute Gasteiger partial charge is 0.318 e. The van der Waals surface area contributed by atoms with E-state index in [9.17, 15) is 25.0 Å². The van der Waals surface area contributed by atoms with Gasteiger partial charge in [-0.3, -0.25) is 25.0 Å². The molecule has 0 aliphatic rings. The van der Waals surface area contributed by atoms with Crippen LogP contribution in [0.4, 0.5) is 11.4 Å². The first-order valence-electron chi connectivity index (χ1n) is 9.16. The summed E-state index contributed by atoms with van der Waals surface area (Å²) in [6, 6.07) is 14.6. The number of nitro benzene ring substituents is 2. The minimum Gasteiger partial charge on any atom is -0.493 e. The first-order chi connectivity index (χ1) is 15.4. The number of aromatic nitrogens is 2. The molecule has 32 heavy (non-hydrogen) atoms. The Morgan fingerprint density at radius 3 is 2.44 bits per heavy atom. The highest BCUT2D eigenvalue weighted by atomic mass is 16.6. The van der Waals surface area contributed by atoms with Crippen molar-refractivity contribution in [1.29, 1.82) is 0 Å². The second kappa shape index (κ2) is 8.14. The van der Waals surface area contributed by atoms with E-state index < -0.39 is 21.2 Å². The van der Waals surface area contributed by atoms with Gasteiger partial charge in [-0.25, -0.2) is 4.98 Å². The van der Waals surface area contributed by atoms with E-state index in [-0.39, 0.29) is 28.6 Å². The van der Waals surface area contributed by atoms with E-state index in [0.29, 0.717) is 16.5 Å². The summed E-state index contributed by atoms with van der Waals surface area (Å²) in [4.78, 5) is 40.6. The Kier molecular flexibility index (Phi) is 5.21. The molecular weight excluding hydrogens is 420 g/mol. The third kappa shape index (κ3) is 3.69. The summed E-state index contributed by atoms with van der Waals surface area (Å²) < 4.78 is 11.2. The number of aromatic amines is 1. The van der Waals surface area contributed by atoms with Gasteiger partial charge in [0.1, 0.15) is 5.82 Å². The van der Waals surface area contributed by atoms with Crippen LogP contribution in [0.1, 0.15) is 0 Å². The minimum absolute atomic E-state index is 0.0467. The van der Waals surface area contributed by atoms with E-state index in [1.54, 1.807) is 42.5 Å². The molecule has 3 aromatic carbocycles. The van der Waals surface area contributed by atoms with Crippen LogP contribution >= 0.6 is 0 Å². The fraction of sp³-hybridized carbons (Fsp3) is 0.0476. The number of nitrogens with one attached hydrogen (secondary N) is 1. The molecule has 0 saturated heterocycles. The molecule has 1 heterocycles. The van der Waals surface area contributed by atoms with Gasteiger partial charge in [0.2, 0.25) is 5.75 Å². The van der Waals surface area contributed by atoms with Crippen LogP contribution in [-0.4, -0.2) is 26.9 Å². The number of hydrogen-bond donors (Lipinski definition) is 1. The molecule has 0 saturated carbocycles. The number of nitro groups is 2. The Morgan fingerprint density at radius 2 is 1.72 bits per heavy atom. The van der Waals surface area contributed by atoms with Crippen LogP contribution in [0.2, 0.25) is 0 Å². The van der Waals surface area contributed by atoms with Crippen molar-refractivity contribution >= 4 is 22.3 Å². The standard InChI is InChI=1S/C21H14N4O7/c1-31-18-8-4-6-14(20-22-15-7-3-2-5-13(15)21(26)23-20)19(18)32-17-10-9-12(24(27)28)11-16(17)25(29)30/h2-11H,1H3,(H,22,23,26). The van der Waals surface area contributed by atoms with Crippen LogP contribution in [0, 0.1) is 20.2 Å². The zero-order valence-electron chi connectivity index (χ0n) is 16.5. The third-order valence-corrected chi connectivity index (χ3v) is 4.63. The quantitative estimate of drug-likeness (QED) is 0.350. The summed E-state index contributed by atoms with van der Waals surface area (Å²) in [6.45, 7) is 0. The van der Waals surface area contributed by atoms with Crippen molar-refractivity contribution in [2.45, 2.75) is 0 Å². The monoisotopic (exact) mass is 434 g/mol. The molecule has 4 aromatic rings. The van der Waals surface area contributed by atoms with Crippen LogP contribution in [0.15, 0.2) is 65.5 Å². The molecule has 1 N–H and O–H groups in total. The maximum absolute atomic E-state index is 12.5. The molecule has 0 spiro atoms. The van der Waals surface area contributed by atoms with Gasteiger partial charge in [0.15, 0.2) is 11.5 Å². The van der Waals surface area contributed by atoms with E-state index >= 15 is 0 Å². The molecule has 0 unspecified atom stereocenters. The highest BCUT2D eigenvalue weighted by Gasteiger charge is 2.24. The Labute approximate surface area is 179 Å².